The summed E-state index contributed by atoms with van der Waals surface area (Å²) >= 11 is 11.7. The SMILES string of the molecule is CCOC(=O)N(/N=C/c1ccc(Cl)cc1)/C(N)=N/N=C/c1ccc(Cl)cc1. The van der Waals surface area contributed by atoms with E-state index in [-0.39, 0.29) is 12.6 Å². The first-order chi connectivity index (χ1) is 13.0. The molecule has 2 aromatic carbocycles. The fourth-order valence-electron chi connectivity index (χ4n) is 1.80. The number of hydrazone groups is 1. The molecule has 27 heavy (non-hydrogen) atoms. The van der Waals surface area contributed by atoms with E-state index in [2.05, 4.69) is 15.3 Å². The highest BCUT2D eigenvalue weighted by Gasteiger charge is 2.17. The molecule has 2 N–H and O–H groups in total. The van der Waals surface area contributed by atoms with Gasteiger partial charge in [-0.1, -0.05) is 47.5 Å². The van der Waals surface area contributed by atoms with Crippen molar-refractivity contribution in [2.45, 2.75) is 6.92 Å². The Kier molecular flexibility index (Phi) is 7.79. The van der Waals surface area contributed by atoms with Crippen molar-refractivity contribution < 1.29 is 9.53 Å². The van der Waals surface area contributed by atoms with Crippen LogP contribution in [0, 0.1) is 0 Å². The third-order valence-corrected chi connectivity index (χ3v) is 3.59. The number of halogens is 2. The van der Waals surface area contributed by atoms with Crippen LogP contribution in [0.2, 0.25) is 10.0 Å². The molecule has 0 aliphatic heterocycles. The molecule has 0 unspecified atom stereocenters. The minimum Gasteiger partial charge on any atom is -0.448 e. The van der Waals surface area contributed by atoms with E-state index < -0.39 is 6.09 Å². The molecule has 2 aromatic rings. The average molecular weight is 406 g/mol. The Hall–Kier alpha value is -2.90. The number of guanidine groups is 1. The molecule has 0 aliphatic rings. The van der Waals surface area contributed by atoms with E-state index in [1.807, 2.05) is 0 Å². The number of carbonyl (C=O) groups excluding carboxylic acids is 1. The van der Waals surface area contributed by atoms with Gasteiger partial charge in [0.1, 0.15) is 0 Å². The zero-order chi connectivity index (χ0) is 19.6. The smallest absolute Gasteiger partial charge is 0.437 e. The Labute approximate surface area is 166 Å². The normalized spacial score (nSPS) is 11.9. The van der Waals surface area contributed by atoms with Crippen LogP contribution >= 0.6 is 23.2 Å². The lowest BCUT2D eigenvalue weighted by Crippen LogP contribution is -2.38. The molecule has 0 radical (unpaired) electrons. The summed E-state index contributed by atoms with van der Waals surface area (Å²) in [5, 5.41) is 13.7. The van der Waals surface area contributed by atoms with E-state index >= 15 is 0 Å². The van der Waals surface area contributed by atoms with Crippen molar-refractivity contribution in [3.8, 4) is 0 Å². The average Bonchev–Trinajstić information content (AvgIpc) is 2.65. The molecular formula is C18H17Cl2N5O2. The molecule has 0 fully saturated rings. The third-order valence-electron chi connectivity index (χ3n) is 3.09. The van der Waals surface area contributed by atoms with Crippen molar-refractivity contribution >= 4 is 47.7 Å². The Bertz CT molecular complexity index is 849. The first-order valence-electron chi connectivity index (χ1n) is 7.88. The van der Waals surface area contributed by atoms with Gasteiger partial charge >= 0.3 is 6.09 Å². The third kappa shape index (κ3) is 6.73. The van der Waals surface area contributed by atoms with Crippen molar-refractivity contribution in [2.24, 2.45) is 21.0 Å². The van der Waals surface area contributed by atoms with Crippen molar-refractivity contribution in [2.75, 3.05) is 6.61 Å². The monoisotopic (exact) mass is 405 g/mol. The Balaban J connectivity index is 2.17. The maximum Gasteiger partial charge on any atom is 0.437 e. The quantitative estimate of drug-likeness (QED) is 0.460. The highest BCUT2D eigenvalue weighted by atomic mass is 35.5. The highest BCUT2D eigenvalue weighted by molar-refractivity contribution is 6.30. The van der Waals surface area contributed by atoms with Gasteiger partial charge < -0.3 is 10.5 Å². The summed E-state index contributed by atoms with van der Waals surface area (Å²) < 4.78 is 4.94. The van der Waals surface area contributed by atoms with Crippen LogP contribution in [-0.4, -0.2) is 36.1 Å². The summed E-state index contributed by atoms with van der Waals surface area (Å²) in [7, 11) is 0. The Morgan fingerprint density at radius 2 is 1.56 bits per heavy atom. The number of rotatable bonds is 5. The van der Waals surface area contributed by atoms with E-state index in [0.29, 0.717) is 15.6 Å². The van der Waals surface area contributed by atoms with Gasteiger partial charge in [-0.25, -0.2) is 4.79 Å². The fourth-order valence-corrected chi connectivity index (χ4v) is 2.06. The molecule has 0 aromatic heterocycles. The summed E-state index contributed by atoms with van der Waals surface area (Å²) in [5.74, 6) is -0.246. The molecule has 140 valence electrons. The number of amides is 1. The number of nitrogens with zero attached hydrogens (tertiary/aromatic N) is 4. The molecule has 9 heteroatoms. The minimum absolute atomic E-state index is 0.160. The maximum atomic E-state index is 12.1. The highest BCUT2D eigenvalue weighted by Crippen LogP contribution is 2.09. The second-order valence-electron chi connectivity index (χ2n) is 5.06. The molecular weight excluding hydrogens is 389 g/mol. The number of hydrogen-bond acceptors (Lipinski definition) is 5. The molecule has 0 aliphatic carbocycles. The van der Waals surface area contributed by atoms with Crippen LogP contribution in [-0.2, 0) is 4.74 Å². The van der Waals surface area contributed by atoms with Gasteiger partial charge in [0.05, 0.1) is 19.0 Å². The largest absolute Gasteiger partial charge is 0.448 e. The standard InChI is InChI=1S/C18H17Cl2N5O2/c1-2-27-18(26)25(23-12-14-5-9-16(20)10-6-14)17(21)24-22-11-13-3-7-15(19)8-4-13/h3-12H,2H2,1H3,(H2,21,24)/b22-11+,23-12+. The van der Waals surface area contributed by atoms with Crippen molar-refractivity contribution in [1.82, 2.24) is 5.01 Å². The lowest BCUT2D eigenvalue weighted by Gasteiger charge is -2.14. The van der Waals surface area contributed by atoms with Gasteiger partial charge in [-0.05, 0) is 42.3 Å². The Morgan fingerprint density at radius 3 is 2.07 bits per heavy atom. The lowest BCUT2D eigenvalue weighted by molar-refractivity contribution is 0.128. The summed E-state index contributed by atoms with van der Waals surface area (Å²) in [6, 6.07) is 13.8. The number of carbonyl (C=O) groups is 1. The van der Waals surface area contributed by atoms with Crippen LogP contribution in [0.15, 0.2) is 63.8 Å². The number of ether oxygens (including phenoxy) is 1. The summed E-state index contributed by atoms with van der Waals surface area (Å²) in [6.45, 7) is 1.83. The van der Waals surface area contributed by atoms with Gasteiger partial charge in [0.2, 0.25) is 5.96 Å². The van der Waals surface area contributed by atoms with Crippen molar-refractivity contribution in [1.29, 1.82) is 0 Å². The van der Waals surface area contributed by atoms with E-state index in [1.165, 1.54) is 12.4 Å². The zero-order valence-electron chi connectivity index (χ0n) is 14.4. The second kappa shape index (κ2) is 10.3. The van der Waals surface area contributed by atoms with Gasteiger partial charge in [-0.3, -0.25) is 0 Å². The predicted molar refractivity (Wildman–Crippen MR) is 109 cm³/mol. The Morgan fingerprint density at radius 1 is 1.04 bits per heavy atom. The predicted octanol–water partition coefficient (Wildman–Crippen LogP) is 4.13. The fraction of sp³-hybridized carbons (Fsp3) is 0.111. The number of hydrogen-bond donors (Lipinski definition) is 1. The van der Waals surface area contributed by atoms with Gasteiger partial charge in [0.15, 0.2) is 0 Å². The maximum absolute atomic E-state index is 12.1. The first-order valence-corrected chi connectivity index (χ1v) is 8.63. The molecule has 0 spiro atoms. The van der Waals surface area contributed by atoms with E-state index in [9.17, 15) is 4.79 Å². The molecule has 0 saturated heterocycles. The number of nitrogens with two attached hydrogens (primary N) is 1. The molecule has 7 nitrogen and oxygen atoms in total. The van der Waals surface area contributed by atoms with E-state index in [0.717, 1.165) is 10.6 Å². The van der Waals surface area contributed by atoms with Crippen LogP contribution in [0.1, 0.15) is 18.1 Å². The second-order valence-corrected chi connectivity index (χ2v) is 5.93. The lowest BCUT2D eigenvalue weighted by atomic mass is 10.2. The van der Waals surface area contributed by atoms with Crippen molar-refractivity contribution in [3.63, 3.8) is 0 Å². The molecule has 0 heterocycles. The van der Waals surface area contributed by atoms with Crippen LogP contribution in [0.25, 0.3) is 0 Å². The molecule has 2 rings (SSSR count). The molecule has 0 atom stereocenters. The molecule has 0 bridgehead atoms. The van der Waals surface area contributed by atoms with Crippen LogP contribution in [0.5, 0.6) is 0 Å². The van der Waals surface area contributed by atoms with E-state index in [4.69, 9.17) is 33.7 Å². The topological polar surface area (TPSA) is 92.6 Å². The van der Waals surface area contributed by atoms with Crippen LogP contribution in [0.4, 0.5) is 4.79 Å². The van der Waals surface area contributed by atoms with Gasteiger partial charge in [0.25, 0.3) is 0 Å². The van der Waals surface area contributed by atoms with Crippen molar-refractivity contribution in [3.05, 3.63) is 69.7 Å². The van der Waals surface area contributed by atoms with Crippen LogP contribution < -0.4 is 5.73 Å². The van der Waals surface area contributed by atoms with Crippen LogP contribution in [0.3, 0.4) is 0 Å². The van der Waals surface area contributed by atoms with Gasteiger partial charge in [-0.2, -0.15) is 10.2 Å². The molecule has 0 saturated carbocycles. The van der Waals surface area contributed by atoms with Gasteiger partial charge in [-0.15, -0.1) is 10.1 Å². The summed E-state index contributed by atoms with van der Waals surface area (Å²) in [6.07, 6.45) is 2.12. The summed E-state index contributed by atoms with van der Waals surface area (Å²) in [5.41, 5.74) is 7.31. The minimum atomic E-state index is -0.773. The van der Waals surface area contributed by atoms with Gasteiger partial charge in [0, 0.05) is 10.0 Å². The number of benzene rings is 2. The van der Waals surface area contributed by atoms with E-state index in [1.54, 1.807) is 55.5 Å². The summed E-state index contributed by atoms with van der Waals surface area (Å²) in [4.78, 5) is 12.1. The first kappa shape index (κ1) is 20.4. The molecule has 1 amide bonds. The zero-order valence-corrected chi connectivity index (χ0v) is 15.9.